The molecule has 4 rings (SSSR count). The maximum absolute atomic E-state index is 14.5. The van der Waals surface area contributed by atoms with Crippen LogP contribution in [0.2, 0.25) is 0 Å². The number of anilines is 1. The van der Waals surface area contributed by atoms with Gasteiger partial charge in [-0.15, -0.1) is 18.3 Å². The molecule has 3 unspecified atom stereocenters. The van der Waals surface area contributed by atoms with E-state index in [1.54, 1.807) is 46.9 Å². The van der Waals surface area contributed by atoms with E-state index >= 15 is 0 Å². The molecule has 3 saturated heterocycles. The predicted molar refractivity (Wildman–Crippen MR) is 152 cm³/mol. The first-order valence-electron chi connectivity index (χ1n) is 12.9. The number of esters is 1. The Kier molecular flexibility index (Phi) is 9.26. The number of thioether (sulfide) groups is 1. The van der Waals surface area contributed by atoms with E-state index in [-0.39, 0.29) is 41.6 Å². The van der Waals surface area contributed by atoms with Crippen molar-refractivity contribution in [2.45, 2.75) is 46.5 Å². The summed E-state index contributed by atoms with van der Waals surface area (Å²) in [7, 11) is 1.58. The van der Waals surface area contributed by atoms with Crippen LogP contribution < -0.4 is 9.64 Å². The Morgan fingerprint density at radius 1 is 1.24 bits per heavy atom. The first-order valence-corrected chi connectivity index (χ1v) is 14.7. The van der Waals surface area contributed by atoms with Gasteiger partial charge in [-0.1, -0.05) is 34.7 Å². The number of halogens is 1. The number of carbonyl (C=O) groups is 3. The number of nitrogens with zero attached hydrogens (tertiary/aromatic N) is 2. The normalized spacial score (nSPS) is 29.2. The third-order valence-corrected chi connectivity index (χ3v) is 10.9. The standard InChI is InChI=1S/C28H35BrN2O6S/c1-4-13-30(18-9-11-19(36-3)12-10-18)26(34)24-28-17-20(29)23(38-28)21(27(35)37-16-5-2)22(28)25(33)31(24)14-7-6-8-15-32/h4-5,9-12,20-24,32H,1-2,6-8,13-17H2,3H3/t20?,21-,22+,23-,24?,28?/m1/s1. The van der Waals surface area contributed by atoms with Crippen molar-refractivity contribution in [3.8, 4) is 5.75 Å². The highest BCUT2D eigenvalue weighted by molar-refractivity contribution is 9.09. The molecule has 8 nitrogen and oxygen atoms in total. The van der Waals surface area contributed by atoms with Gasteiger partial charge in [-0.3, -0.25) is 14.4 Å². The molecule has 2 amide bonds. The van der Waals surface area contributed by atoms with Crippen molar-refractivity contribution >= 4 is 51.2 Å². The number of carbonyl (C=O) groups excluding carboxylic acids is 3. The number of unbranched alkanes of at least 4 members (excludes halogenated alkanes) is 2. The highest BCUT2D eigenvalue weighted by atomic mass is 79.9. The van der Waals surface area contributed by atoms with Gasteiger partial charge in [-0.25, -0.2) is 0 Å². The molecule has 0 radical (unpaired) electrons. The molecule has 206 valence electrons. The Morgan fingerprint density at radius 3 is 2.61 bits per heavy atom. The average Bonchev–Trinajstić information content (AvgIpc) is 3.51. The summed E-state index contributed by atoms with van der Waals surface area (Å²) in [6.07, 6.45) is 5.79. The van der Waals surface area contributed by atoms with Gasteiger partial charge in [0.2, 0.25) is 5.91 Å². The molecule has 2 bridgehead atoms. The number of fused-ring (bicyclic) bond motifs is 1. The summed E-state index contributed by atoms with van der Waals surface area (Å²) >= 11 is 5.34. The molecule has 1 aromatic carbocycles. The second-order valence-corrected chi connectivity index (χ2v) is 12.5. The summed E-state index contributed by atoms with van der Waals surface area (Å²) in [5.41, 5.74) is 0.679. The third-order valence-electron chi connectivity index (χ3n) is 7.66. The Hall–Kier alpha value is -2.30. The van der Waals surface area contributed by atoms with Crippen molar-refractivity contribution in [3.05, 3.63) is 49.6 Å². The lowest BCUT2D eigenvalue weighted by Crippen LogP contribution is -2.55. The molecule has 3 heterocycles. The predicted octanol–water partition coefficient (Wildman–Crippen LogP) is 3.57. The highest BCUT2D eigenvalue weighted by Gasteiger charge is 2.76. The summed E-state index contributed by atoms with van der Waals surface area (Å²) in [6.45, 7) is 8.28. The van der Waals surface area contributed by atoms with E-state index in [9.17, 15) is 19.5 Å². The molecule has 3 aliphatic rings. The number of aliphatic hydroxyl groups is 1. The molecule has 10 heteroatoms. The van der Waals surface area contributed by atoms with Crippen LogP contribution in [0.5, 0.6) is 5.75 Å². The quantitative estimate of drug-likeness (QED) is 0.159. The molecular formula is C28H35BrN2O6S. The van der Waals surface area contributed by atoms with Crippen molar-refractivity contribution in [3.63, 3.8) is 0 Å². The van der Waals surface area contributed by atoms with Crippen LogP contribution in [-0.2, 0) is 19.1 Å². The topological polar surface area (TPSA) is 96.4 Å². The van der Waals surface area contributed by atoms with Crippen LogP contribution in [0.1, 0.15) is 25.7 Å². The number of amides is 2. The lowest BCUT2D eigenvalue weighted by Gasteiger charge is -2.37. The second kappa shape index (κ2) is 12.3. The molecule has 1 N–H and O–H groups in total. The molecule has 6 atom stereocenters. The van der Waals surface area contributed by atoms with Crippen LogP contribution in [0.4, 0.5) is 5.69 Å². The van der Waals surface area contributed by atoms with Crippen LogP contribution >= 0.6 is 27.7 Å². The molecule has 1 aromatic rings. The fraction of sp³-hybridized carbons (Fsp3) is 0.536. The molecular weight excluding hydrogens is 572 g/mol. The number of hydrogen-bond donors (Lipinski definition) is 1. The Bertz CT molecular complexity index is 1070. The first-order chi connectivity index (χ1) is 18.3. The molecule has 0 aromatic heterocycles. The summed E-state index contributed by atoms with van der Waals surface area (Å²) in [5.74, 6) is -1.39. The van der Waals surface area contributed by atoms with E-state index in [2.05, 4.69) is 29.1 Å². The Morgan fingerprint density at radius 2 is 1.97 bits per heavy atom. The zero-order chi connectivity index (χ0) is 27.4. The van der Waals surface area contributed by atoms with Crippen LogP contribution in [0.25, 0.3) is 0 Å². The monoisotopic (exact) mass is 606 g/mol. The number of rotatable bonds is 13. The summed E-state index contributed by atoms with van der Waals surface area (Å²) in [5, 5.41) is 9.07. The second-order valence-electron chi connectivity index (χ2n) is 9.83. The minimum absolute atomic E-state index is 0.0312. The minimum atomic E-state index is -0.756. The van der Waals surface area contributed by atoms with E-state index < -0.39 is 28.6 Å². The van der Waals surface area contributed by atoms with Gasteiger partial charge < -0.3 is 24.4 Å². The van der Waals surface area contributed by atoms with Crippen LogP contribution in [-0.4, -0.2) is 82.1 Å². The van der Waals surface area contributed by atoms with E-state index in [1.807, 2.05) is 12.1 Å². The van der Waals surface area contributed by atoms with Gasteiger partial charge >= 0.3 is 5.97 Å². The maximum Gasteiger partial charge on any atom is 0.311 e. The van der Waals surface area contributed by atoms with E-state index in [0.717, 1.165) is 6.42 Å². The van der Waals surface area contributed by atoms with Crippen LogP contribution in [0.3, 0.4) is 0 Å². The summed E-state index contributed by atoms with van der Waals surface area (Å²) in [6, 6.07) is 6.48. The minimum Gasteiger partial charge on any atom is -0.497 e. The summed E-state index contributed by atoms with van der Waals surface area (Å²) < 4.78 is 9.97. The van der Waals surface area contributed by atoms with Gasteiger partial charge in [-0.05, 0) is 49.9 Å². The van der Waals surface area contributed by atoms with Crippen molar-refractivity contribution < 1.29 is 29.0 Å². The van der Waals surface area contributed by atoms with Gasteiger partial charge in [0, 0.05) is 35.5 Å². The first kappa shape index (κ1) is 28.7. The average molecular weight is 608 g/mol. The number of alkyl halides is 1. The number of benzene rings is 1. The molecule has 38 heavy (non-hydrogen) atoms. The maximum atomic E-state index is 14.5. The van der Waals surface area contributed by atoms with Crippen molar-refractivity contribution in [2.24, 2.45) is 11.8 Å². The SMILES string of the molecule is C=CCOC(=O)[C@H]1[C@@H]2SC3(CC2Br)C(C(=O)N(CC=C)c2ccc(OC)cc2)N(CCCCCO)C(=O)[C@H]13. The van der Waals surface area contributed by atoms with Gasteiger partial charge in [0.05, 0.1) is 23.7 Å². The number of ether oxygens (including phenoxy) is 2. The van der Waals surface area contributed by atoms with E-state index in [0.29, 0.717) is 37.2 Å². The van der Waals surface area contributed by atoms with Crippen LogP contribution in [0, 0.1) is 11.8 Å². The third kappa shape index (κ3) is 5.02. The zero-order valence-electron chi connectivity index (χ0n) is 21.6. The summed E-state index contributed by atoms with van der Waals surface area (Å²) in [4.78, 5) is 45.0. The van der Waals surface area contributed by atoms with Gasteiger partial charge in [0.25, 0.3) is 5.91 Å². The number of likely N-dealkylation sites (tertiary alicyclic amines) is 1. The number of methoxy groups -OCH3 is 1. The van der Waals surface area contributed by atoms with E-state index in [1.165, 1.54) is 6.08 Å². The fourth-order valence-corrected chi connectivity index (χ4v) is 9.68. The zero-order valence-corrected chi connectivity index (χ0v) is 24.0. The van der Waals surface area contributed by atoms with Gasteiger partial charge in [0.1, 0.15) is 18.4 Å². The molecule has 0 aliphatic carbocycles. The van der Waals surface area contributed by atoms with Gasteiger partial charge in [-0.2, -0.15) is 0 Å². The molecule has 3 fully saturated rings. The molecule has 3 aliphatic heterocycles. The van der Waals surface area contributed by atoms with Crippen molar-refractivity contribution in [1.29, 1.82) is 0 Å². The van der Waals surface area contributed by atoms with Crippen LogP contribution in [0.15, 0.2) is 49.6 Å². The van der Waals surface area contributed by atoms with Crippen molar-refractivity contribution in [2.75, 3.05) is 38.3 Å². The largest absolute Gasteiger partial charge is 0.497 e. The smallest absolute Gasteiger partial charge is 0.311 e. The Balaban J connectivity index is 1.73. The van der Waals surface area contributed by atoms with E-state index in [4.69, 9.17) is 9.47 Å². The van der Waals surface area contributed by atoms with Crippen molar-refractivity contribution in [1.82, 2.24) is 4.90 Å². The Labute approximate surface area is 236 Å². The van der Waals surface area contributed by atoms with Gasteiger partial charge in [0.15, 0.2) is 0 Å². The molecule has 1 spiro atoms. The lowest BCUT2D eigenvalue weighted by molar-refractivity contribution is -0.153. The molecule has 0 saturated carbocycles. The fourth-order valence-electron chi connectivity index (χ4n) is 6.09. The number of hydrogen-bond acceptors (Lipinski definition) is 7. The number of aliphatic hydroxyl groups excluding tert-OH is 1. The lowest BCUT2D eigenvalue weighted by atomic mass is 9.71. The highest BCUT2D eigenvalue weighted by Crippen LogP contribution is 2.68.